The van der Waals surface area contributed by atoms with E-state index in [1.54, 1.807) is 0 Å². The minimum absolute atomic E-state index is 0.165. The van der Waals surface area contributed by atoms with E-state index in [9.17, 15) is 0 Å². The minimum atomic E-state index is 0.165. The first-order valence-electron chi connectivity index (χ1n) is 4.68. The zero-order chi connectivity index (χ0) is 10.6. The molecule has 0 radical (unpaired) electrons. The fourth-order valence-electron chi connectivity index (χ4n) is 1.38. The average Bonchev–Trinajstić information content (AvgIpc) is 2.55. The highest BCUT2D eigenvalue weighted by molar-refractivity contribution is 7.03. The van der Waals surface area contributed by atoms with Crippen LogP contribution in [0.1, 0.15) is 19.5 Å². The van der Waals surface area contributed by atoms with Crippen LogP contribution in [0.3, 0.4) is 0 Å². The standard InChI is InChI=1S/C9H18N4S/c1-9(2,6-10)7-13(3)4-8-5-14-12-11-8/h5H,4,6-7,10H2,1-3H3. The molecule has 0 fully saturated rings. The molecule has 2 N–H and O–H groups in total. The van der Waals surface area contributed by atoms with Crippen LogP contribution < -0.4 is 5.73 Å². The highest BCUT2D eigenvalue weighted by atomic mass is 32.1. The summed E-state index contributed by atoms with van der Waals surface area (Å²) < 4.78 is 3.83. The maximum absolute atomic E-state index is 5.68. The van der Waals surface area contributed by atoms with Crippen LogP contribution in [0, 0.1) is 5.41 Å². The molecule has 0 aliphatic heterocycles. The van der Waals surface area contributed by atoms with Gasteiger partial charge in [0, 0.05) is 18.5 Å². The largest absolute Gasteiger partial charge is 0.330 e. The molecule has 0 atom stereocenters. The Morgan fingerprint density at radius 2 is 2.29 bits per heavy atom. The lowest BCUT2D eigenvalue weighted by molar-refractivity contribution is 0.208. The van der Waals surface area contributed by atoms with E-state index < -0.39 is 0 Å². The highest BCUT2D eigenvalue weighted by Crippen LogP contribution is 2.15. The quantitative estimate of drug-likeness (QED) is 0.793. The van der Waals surface area contributed by atoms with Gasteiger partial charge in [-0.3, -0.25) is 4.90 Å². The van der Waals surface area contributed by atoms with Gasteiger partial charge in [-0.2, -0.15) is 0 Å². The first-order valence-corrected chi connectivity index (χ1v) is 5.52. The molecule has 5 heteroatoms. The Labute approximate surface area is 89.3 Å². The molecule has 0 unspecified atom stereocenters. The lowest BCUT2D eigenvalue weighted by Crippen LogP contribution is -2.36. The van der Waals surface area contributed by atoms with Crippen LogP contribution in [0.4, 0.5) is 0 Å². The normalized spacial score (nSPS) is 12.4. The lowest BCUT2D eigenvalue weighted by Gasteiger charge is -2.28. The van der Waals surface area contributed by atoms with Gasteiger partial charge in [0.2, 0.25) is 0 Å². The summed E-state index contributed by atoms with van der Waals surface area (Å²) >= 11 is 1.39. The second-order valence-corrected chi connectivity index (χ2v) is 5.05. The van der Waals surface area contributed by atoms with Crippen molar-refractivity contribution in [2.24, 2.45) is 11.1 Å². The number of nitrogens with zero attached hydrogens (tertiary/aromatic N) is 3. The van der Waals surface area contributed by atoms with Crippen LogP contribution in [-0.4, -0.2) is 34.6 Å². The van der Waals surface area contributed by atoms with Crippen LogP contribution in [0.5, 0.6) is 0 Å². The Morgan fingerprint density at radius 1 is 1.57 bits per heavy atom. The third kappa shape index (κ3) is 3.69. The predicted molar refractivity (Wildman–Crippen MR) is 59.1 cm³/mol. The molecule has 4 nitrogen and oxygen atoms in total. The van der Waals surface area contributed by atoms with Crippen LogP contribution in [0.25, 0.3) is 0 Å². The molecule has 1 aromatic rings. The van der Waals surface area contributed by atoms with E-state index in [1.165, 1.54) is 11.5 Å². The molecule has 0 aliphatic carbocycles. The van der Waals surface area contributed by atoms with Gasteiger partial charge in [-0.05, 0) is 30.5 Å². The average molecular weight is 214 g/mol. The van der Waals surface area contributed by atoms with Crippen molar-refractivity contribution in [1.29, 1.82) is 0 Å². The molecular weight excluding hydrogens is 196 g/mol. The van der Waals surface area contributed by atoms with Crippen molar-refractivity contribution < 1.29 is 0 Å². The van der Waals surface area contributed by atoms with E-state index in [0.717, 1.165) is 18.8 Å². The smallest absolute Gasteiger partial charge is 0.0895 e. The SMILES string of the molecule is CN(Cc1csnn1)CC(C)(C)CN. The zero-order valence-electron chi connectivity index (χ0n) is 9.03. The Hall–Kier alpha value is -0.520. The van der Waals surface area contributed by atoms with Crippen molar-refractivity contribution in [2.75, 3.05) is 20.1 Å². The van der Waals surface area contributed by atoms with Gasteiger partial charge in [-0.1, -0.05) is 18.3 Å². The molecule has 0 amide bonds. The van der Waals surface area contributed by atoms with Gasteiger partial charge < -0.3 is 5.73 Å². The molecule has 0 bridgehead atoms. The van der Waals surface area contributed by atoms with Gasteiger partial charge in [-0.15, -0.1) is 5.10 Å². The summed E-state index contributed by atoms with van der Waals surface area (Å²) in [5.74, 6) is 0. The van der Waals surface area contributed by atoms with Gasteiger partial charge in [-0.25, -0.2) is 0 Å². The number of hydrogen-bond acceptors (Lipinski definition) is 5. The molecule has 0 aromatic carbocycles. The van der Waals surface area contributed by atoms with Gasteiger partial charge in [0.15, 0.2) is 0 Å². The van der Waals surface area contributed by atoms with Crippen molar-refractivity contribution in [1.82, 2.24) is 14.5 Å². The molecule has 1 aromatic heterocycles. The number of rotatable bonds is 5. The second-order valence-electron chi connectivity index (χ2n) is 4.44. The van der Waals surface area contributed by atoms with Crippen molar-refractivity contribution in [3.05, 3.63) is 11.1 Å². The van der Waals surface area contributed by atoms with Crippen LogP contribution in [0.15, 0.2) is 5.38 Å². The Bertz CT molecular complexity index is 258. The highest BCUT2D eigenvalue weighted by Gasteiger charge is 2.18. The summed E-state index contributed by atoms with van der Waals surface area (Å²) in [4.78, 5) is 2.23. The lowest BCUT2D eigenvalue weighted by atomic mass is 9.93. The number of nitrogens with two attached hydrogens (primary N) is 1. The van der Waals surface area contributed by atoms with Crippen LogP contribution in [-0.2, 0) is 6.54 Å². The maximum atomic E-state index is 5.68. The summed E-state index contributed by atoms with van der Waals surface area (Å²) in [5.41, 5.74) is 6.87. The summed E-state index contributed by atoms with van der Waals surface area (Å²) in [6.45, 7) is 6.86. The fraction of sp³-hybridized carbons (Fsp3) is 0.778. The van der Waals surface area contributed by atoms with Gasteiger partial charge >= 0.3 is 0 Å². The maximum Gasteiger partial charge on any atom is 0.0895 e. The third-order valence-electron chi connectivity index (χ3n) is 2.09. The first-order chi connectivity index (χ1) is 6.53. The van der Waals surface area contributed by atoms with Crippen molar-refractivity contribution >= 4 is 11.5 Å². The number of aromatic nitrogens is 2. The molecule has 0 saturated carbocycles. The van der Waals surface area contributed by atoms with E-state index >= 15 is 0 Å². The Morgan fingerprint density at radius 3 is 2.79 bits per heavy atom. The van der Waals surface area contributed by atoms with E-state index in [0.29, 0.717) is 6.54 Å². The third-order valence-corrected chi connectivity index (χ3v) is 2.64. The monoisotopic (exact) mass is 214 g/mol. The first kappa shape index (κ1) is 11.6. The molecule has 80 valence electrons. The molecular formula is C9H18N4S. The van der Waals surface area contributed by atoms with Crippen molar-refractivity contribution in [2.45, 2.75) is 20.4 Å². The van der Waals surface area contributed by atoms with Crippen molar-refractivity contribution in [3.63, 3.8) is 0 Å². The molecule has 0 aliphatic rings. The molecule has 1 rings (SSSR count). The second kappa shape index (κ2) is 4.82. The van der Waals surface area contributed by atoms with Crippen molar-refractivity contribution in [3.8, 4) is 0 Å². The van der Waals surface area contributed by atoms with E-state index in [2.05, 4.69) is 35.4 Å². The summed E-state index contributed by atoms with van der Waals surface area (Å²) in [7, 11) is 2.08. The summed E-state index contributed by atoms with van der Waals surface area (Å²) in [6, 6.07) is 0. The Balaban J connectivity index is 2.40. The van der Waals surface area contributed by atoms with Gasteiger partial charge in [0.05, 0.1) is 5.69 Å². The Kier molecular flexibility index (Phi) is 3.97. The number of hydrogen-bond donors (Lipinski definition) is 1. The fourth-order valence-corrected chi connectivity index (χ4v) is 1.82. The van der Waals surface area contributed by atoms with E-state index in [-0.39, 0.29) is 5.41 Å². The van der Waals surface area contributed by atoms with Gasteiger partial charge in [0.25, 0.3) is 0 Å². The van der Waals surface area contributed by atoms with Crippen LogP contribution >= 0.6 is 11.5 Å². The van der Waals surface area contributed by atoms with E-state index in [4.69, 9.17) is 5.73 Å². The zero-order valence-corrected chi connectivity index (χ0v) is 9.84. The van der Waals surface area contributed by atoms with Gasteiger partial charge in [0.1, 0.15) is 0 Å². The van der Waals surface area contributed by atoms with Crippen LogP contribution in [0.2, 0.25) is 0 Å². The molecule has 1 heterocycles. The summed E-state index contributed by atoms with van der Waals surface area (Å²) in [5, 5.41) is 5.99. The molecule has 0 saturated heterocycles. The molecule has 0 spiro atoms. The molecule has 14 heavy (non-hydrogen) atoms. The van der Waals surface area contributed by atoms with E-state index in [1.807, 2.05) is 5.38 Å². The minimum Gasteiger partial charge on any atom is -0.330 e. The summed E-state index contributed by atoms with van der Waals surface area (Å²) in [6.07, 6.45) is 0. The predicted octanol–water partition coefficient (Wildman–Crippen LogP) is 0.955. The topological polar surface area (TPSA) is 55.0 Å².